The van der Waals surface area contributed by atoms with Gasteiger partial charge in [-0.2, -0.15) is 0 Å². The molecule has 0 aromatic heterocycles. The molecule has 0 amide bonds. The second-order valence-electron chi connectivity index (χ2n) is 6.97. The van der Waals surface area contributed by atoms with Crippen LogP contribution in [0.15, 0.2) is 0 Å². The van der Waals surface area contributed by atoms with Gasteiger partial charge in [-0.1, -0.05) is 13.8 Å². The Morgan fingerprint density at radius 2 is 1.84 bits per heavy atom. The maximum Gasteiger partial charge on any atom is 0.0272 e. The highest BCUT2D eigenvalue weighted by Crippen LogP contribution is 2.31. The second-order valence-corrected chi connectivity index (χ2v) is 6.97. The topological polar surface area (TPSA) is 18.5 Å². The van der Waals surface area contributed by atoms with Crippen molar-refractivity contribution in [1.29, 1.82) is 0 Å². The van der Waals surface area contributed by atoms with Crippen LogP contribution in [0.1, 0.15) is 39.5 Å². The van der Waals surface area contributed by atoms with Gasteiger partial charge in [-0.3, -0.25) is 0 Å². The monoisotopic (exact) mass is 267 g/mol. The summed E-state index contributed by atoms with van der Waals surface area (Å²) in [4.78, 5) is 5.25. The van der Waals surface area contributed by atoms with Gasteiger partial charge in [-0.05, 0) is 64.7 Å². The lowest BCUT2D eigenvalue weighted by Gasteiger charge is -2.44. The molecule has 1 aliphatic heterocycles. The van der Waals surface area contributed by atoms with E-state index < -0.39 is 0 Å². The first-order valence-corrected chi connectivity index (χ1v) is 8.21. The Morgan fingerprint density at radius 1 is 1.16 bits per heavy atom. The van der Waals surface area contributed by atoms with Crippen LogP contribution >= 0.6 is 0 Å². The van der Waals surface area contributed by atoms with Crippen molar-refractivity contribution in [2.75, 3.05) is 40.3 Å². The Morgan fingerprint density at radius 3 is 2.47 bits per heavy atom. The molecule has 4 unspecified atom stereocenters. The van der Waals surface area contributed by atoms with Gasteiger partial charge in [0.05, 0.1) is 0 Å². The van der Waals surface area contributed by atoms with Gasteiger partial charge < -0.3 is 15.1 Å². The number of hydrogen-bond donors (Lipinski definition) is 1. The molecule has 2 aliphatic rings. The van der Waals surface area contributed by atoms with E-state index in [2.05, 4.69) is 43.1 Å². The van der Waals surface area contributed by atoms with Crippen molar-refractivity contribution >= 4 is 0 Å². The van der Waals surface area contributed by atoms with Crippen LogP contribution in [-0.2, 0) is 0 Å². The third kappa shape index (κ3) is 3.93. The molecule has 0 aromatic rings. The van der Waals surface area contributed by atoms with Crippen LogP contribution in [0, 0.1) is 11.8 Å². The number of nitrogens with zero attached hydrogens (tertiary/aromatic N) is 2. The van der Waals surface area contributed by atoms with Crippen LogP contribution in [0.2, 0.25) is 0 Å². The largest absolute Gasteiger partial charge is 0.315 e. The summed E-state index contributed by atoms with van der Waals surface area (Å²) in [6.07, 6.45) is 5.52. The van der Waals surface area contributed by atoms with Gasteiger partial charge in [-0.25, -0.2) is 0 Å². The average Bonchev–Trinajstić information content (AvgIpc) is 2.88. The molecule has 2 rings (SSSR count). The summed E-state index contributed by atoms with van der Waals surface area (Å²) in [7, 11) is 4.47. The molecular weight excluding hydrogens is 234 g/mol. The van der Waals surface area contributed by atoms with Crippen molar-refractivity contribution in [1.82, 2.24) is 15.1 Å². The maximum absolute atomic E-state index is 3.57. The number of nitrogens with one attached hydrogen (secondary N) is 1. The summed E-state index contributed by atoms with van der Waals surface area (Å²) in [6, 6.07) is 1.38. The lowest BCUT2D eigenvalue weighted by atomic mass is 9.76. The predicted octanol–water partition coefficient (Wildman–Crippen LogP) is 2.04. The Bertz CT molecular complexity index is 263. The van der Waals surface area contributed by atoms with E-state index >= 15 is 0 Å². The van der Waals surface area contributed by atoms with Gasteiger partial charge >= 0.3 is 0 Å². The van der Waals surface area contributed by atoms with Crippen molar-refractivity contribution < 1.29 is 0 Å². The van der Waals surface area contributed by atoms with Crippen molar-refractivity contribution in [2.45, 2.75) is 51.6 Å². The van der Waals surface area contributed by atoms with Gasteiger partial charge in [0.25, 0.3) is 0 Å². The Balaban J connectivity index is 1.85. The molecule has 0 radical (unpaired) electrons. The first kappa shape index (κ1) is 15.3. The fourth-order valence-electron chi connectivity index (χ4n) is 4.32. The Hall–Kier alpha value is -0.120. The number of likely N-dealkylation sites (N-methyl/N-ethyl adjacent to an activating group) is 2. The van der Waals surface area contributed by atoms with Crippen molar-refractivity contribution in [3.63, 3.8) is 0 Å². The lowest BCUT2D eigenvalue weighted by Crippen LogP contribution is -2.55. The number of rotatable bonds is 5. The molecule has 0 aromatic carbocycles. The number of hydrogen-bond acceptors (Lipinski definition) is 3. The van der Waals surface area contributed by atoms with E-state index in [1.165, 1.54) is 51.9 Å². The van der Waals surface area contributed by atoms with Crippen LogP contribution in [-0.4, -0.2) is 62.2 Å². The molecule has 0 bridgehead atoms. The summed E-state index contributed by atoms with van der Waals surface area (Å²) in [5.74, 6) is 1.68. The van der Waals surface area contributed by atoms with Crippen LogP contribution in [0.5, 0.6) is 0 Å². The maximum atomic E-state index is 3.57. The van der Waals surface area contributed by atoms with E-state index in [9.17, 15) is 0 Å². The normalized spacial score (nSPS) is 37.1. The molecule has 1 saturated carbocycles. The molecule has 19 heavy (non-hydrogen) atoms. The third-order valence-electron chi connectivity index (χ3n) is 5.27. The highest BCUT2D eigenvalue weighted by atomic mass is 15.2. The van der Waals surface area contributed by atoms with Crippen LogP contribution in [0.3, 0.4) is 0 Å². The number of likely N-dealkylation sites (tertiary alicyclic amines) is 1. The Labute approximate surface area is 119 Å². The van der Waals surface area contributed by atoms with Gasteiger partial charge in [0.2, 0.25) is 0 Å². The molecule has 1 saturated heterocycles. The average molecular weight is 267 g/mol. The van der Waals surface area contributed by atoms with Gasteiger partial charge in [0, 0.05) is 25.2 Å². The van der Waals surface area contributed by atoms with Gasteiger partial charge in [0.15, 0.2) is 0 Å². The van der Waals surface area contributed by atoms with Gasteiger partial charge in [-0.15, -0.1) is 0 Å². The Kier molecular flexibility index (Phi) is 5.67. The zero-order valence-electron chi connectivity index (χ0n) is 13.4. The molecule has 112 valence electrons. The molecule has 1 aliphatic carbocycles. The molecule has 1 N–H and O–H groups in total. The SMILES string of the molecule is CNC1CC(C)CC(C)C1N(C)CCN1CCCC1. The summed E-state index contributed by atoms with van der Waals surface area (Å²) in [5, 5.41) is 3.57. The zero-order chi connectivity index (χ0) is 13.8. The zero-order valence-corrected chi connectivity index (χ0v) is 13.4. The first-order valence-electron chi connectivity index (χ1n) is 8.21. The smallest absolute Gasteiger partial charge is 0.0272 e. The minimum atomic E-state index is 0.669. The minimum Gasteiger partial charge on any atom is -0.315 e. The highest BCUT2D eigenvalue weighted by molar-refractivity contribution is 4.92. The standard InChI is InChI=1S/C16H33N3/c1-13-11-14(2)16(15(12-13)17-3)18(4)9-10-19-7-5-6-8-19/h13-17H,5-12H2,1-4H3. The van der Waals surface area contributed by atoms with Crippen LogP contribution in [0.4, 0.5) is 0 Å². The van der Waals surface area contributed by atoms with Crippen molar-refractivity contribution in [3.05, 3.63) is 0 Å². The molecule has 1 heterocycles. The van der Waals surface area contributed by atoms with Crippen molar-refractivity contribution in [3.8, 4) is 0 Å². The predicted molar refractivity (Wildman–Crippen MR) is 82.5 cm³/mol. The quantitative estimate of drug-likeness (QED) is 0.822. The summed E-state index contributed by atoms with van der Waals surface area (Å²) in [5.41, 5.74) is 0. The lowest BCUT2D eigenvalue weighted by molar-refractivity contribution is 0.0771. The fourth-order valence-corrected chi connectivity index (χ4v) is 4.32. The second kappa shape index (κ2) is 7.05. The third-order valence-corrected chi connectivity index (χ3v) is 5.27. The molecule has 3 heteroatoms. The molecule has 0 spiro atoms. The summed E-state index contributed by atoms with van der Waals surface area (Å²) >= 11 is 0. The van der Waals surface area contributed by atoms with E-state index in [1.54, 1.807) is 0 Å². The van der Waals surface area contributed by atoms with E-state index in [0.717, 1.165) is 11.8 Å². The van der Waals surface area contributed by atoms with E-state index in [1.807, 2.05) is 0 Å². The molecule has 4 atom stereocenters. The van der Waals surface area contributed by atoms with Crippen molar-refractivity contribution in [2.24, 2.45) is 11.8 Å². The molecular formula is C16H33N3. The van der Waals surface area contributed by atoms with E-state index in [0.29, 0.717) is 12.1 Å². The van der Waals surface area contributed by atoms with E-state index in [-0.39, 0.29) is 0 Å². The minimum absolute atomic E-state index is 0.669. The molecule has 2 fully saturated rings. The first-order chi connectivity index (χ1) is 9.11. The fraction of sp³-hybridized carbons (Fsp3) is 1.00. The van der Waals surface area contributed by atoms with Crippen LogP contribution in [0.25, 0.3) is 0 Å². The summed E-state index contributed by atoms with van der Waals surface area (Å²) in [6.45, 7) is 9.96. The molecule has 3 nitrogen and oxygen atoms in total. The van der Waals surface area contributed by atoms with Gasteiger partial charge in [0.1, 0.15) is 0 Å². The van der Waals surface area contributed by atoms with E-state index in [4.69, 9.17) is 0 Å². The highest BCUT2D eigenvalue weighted by Gasteiger charge is 2.35. The van der Waals surface area contributed by atoms with Crippen LogP contribution < -0.4 is 5.32 Å². The summed E-state index contributed by atoms with van der Waals surface area (Å²) < 4.78 is 0.